The lowest BCUT2D eigenvalue weighted by Gasteiger charge is -2.32. The van der Waals surface area contributed by atoms with Crippen LogP contribution < -0.4 is 5.32 Å². The molecule has 0 bridgehead atoms. The fourth-order valence-electron chi connectivity index (χ4n) is 4.99. The van der Waals surface area contributed by atoms with Crippen molar-refractivity contribution in [1.29, 1.82) is 0 Å². The molecule has 2 N–H and O–H groups in total. The first kappa shape index (κ1) is 25.7. The van der Waals surface area contributed by atoms with Crippen LogP contribution in [0, 0.1) is 0 Å². The molecule has 2 aromatic heterocycles. The number of amides is 2. The van der Waals surface area contributed by atoms with E-state index in [1.807, 2.05) is 47.5 Å². The minimum Gasteiger partial charge on any atom is -0.351 e. The van der Waals surface area contributed by atoms with Crippen LogP contribution in [0.2, 0.25) is 0 Å². The summed E-state index contributed by atoms with van der Waals surface area (Å²) in [6.45, 7) is 6.14. The van der Waals surface area contributed by atoms with E-state index in [1.165, 1.54) is 11.3 Å². The van der Waals surface area contributed by atoms with Crippen LogP contribution in [0.4, 0.5) is 0 Å². The molecule has 2 aromatic carbocycles. The van der Waals surface area contributed by atoms with Gasteiger partial charge < -0.3 is 15.1 Å². The van der Waals surface area contributed by atoms with Crippen molar-refractivity contribution in [3.8, 4) is 11.1 Å². The number of fused-ring (bicyclic) bond motifs is 1. The van der Waals surface area contributed by atoms with Crippen LogP contribution in [0.25, 0.3) is 21.3 Å². The summed E-state index contributed by atoms with van der Waals surface area (Å²) < 4.78 is 0.975. The van der Waals surface area contributed by atoms with E-state index >= 15 is 0 Å². The van der Waals surface area contributed by atoms with Crippen LogP contribution in [0.3, 0.4) is 0 Å². The molecule has 1 aliphatic heterocycles. The molecule has 9 nitrogen and oxygen atoms in total. The van der Waals surface area contributed by atoms with Gasteiger partial charge in [-0.2, -0.15) is 5.10 Å². The lowest BCUT2D eigenvalue weighted by atomic mass is 10.1. The second-order valence-corrected chi connectivity index (χ2v) is 11.5. The Morgan fingerprint density at radius 1 is 1.10 bits per heavy atom. The Kier molecular flexibility index (Phi) is 7.40. The normalized spacial score (nSPS) is 16.4. The van der Waals surface area contributed by atoms with Gasteiger partial charge in [0.05, 0.1) is 16.4 Å². The van der Waals surface area contributed by atoms with Gasteiger partial charge in [0.15, 0.2) is 5.01 Å². The number of hydrogen-bond acceptors (Lipinski definition) is 7. The second-order valence-electron chi connectivity index (χ2n) is 10.5. The molecule has 0 spiro atoms. The number of piperazine rings is 1. The van der Waals surface area contributed by atoms with Gasteiger partial charge in [-0.05, 0) is 55.3 Å². The SMILES string of the molecule is CN1CCN(CCNC(=O)c2cccc(CN(C(=O)c3nc4ccc(-c5cn[nH]c5)cc4s3)C3CC3)c2)CC1. The first-order valence-electron chi connectivity index (χ1n) is 13.5. The molecule has 0 atom stereocenters. The summed E-state index contributed by atoms with van der Waals surface area (Å²) in [7, 11) is 2.14. The standard InChI is InChI=1S/C29H33N7O2S/c1-34-11-13-35(14-12-34)10-9-30-27(37)22-4-2-3-20(15-22)19-36(24-6-7-24)29(38)28-33-25-8-5-21(16-26(25)39-28)23-17-31-32-18-23/h2-5,8,15-18,24H,6-7,9-14,19H2,1H3,(H,30,37)(H,31,32). The summed E-state index contributed by atoms with van der Waals surface area (Å²) in [5.74, 6) is -0.125. The predicted octanol–water partition coefficient (Wildman–Crippen LogP) is 3.47. The monoisotopic (exact) mass is 543 g/mol. The maximum absolute atomic E-state index is 13.6. The van der Waals surface area contributed by atoms with Crippen LogP contribution in [0.15, 0.2) is 54.9 Å². The summed E-state index contributed by atoms with van der Waals surface area (Å²) in [5, 5.41) is 10.4. The van der Waals surface area contributed by atoms with Crippen LogP contribution in [-0.4, -0.2) is 94.1 Å². The number of carbonyl (C=O) groups is 2. The van der Waals surface area contributed by atoms with Crippen molar-refractivity contribution in [1.82, 2.24) is 35.2 Å². The van der Waals surface area contributed by atoms with E-state index in [0.717, 1.165) is 72.5 Å². The molecule has 2 aliphatic rings. The van der Waals surface area contributed by atoms with Gasteiger partial charge >= 0.3 is 0 Å². The third-order valence-corrected chi connectivity index (χ3v) is 8.51. The number of aromatic amines is 1. The number of thiazole rings is 1. The van der Waals surface area contributed by atoms with Crippen molar-refractivity contribution < 1.29 is 9.59 Å². The zero-order chi connectivity index (χ0) is 26.8. The number of carbonyl (C=O) groups excluding carboxylic acids is 2. The highest BCUT2D eigenvalue weighted by Gasteiger charge is 2.34. The van der Waals surface area contributed by atoms with Gasteiger partial charge in [0.25, 0.3) is 11.8 Å². The molecule has 10 heteroatoms. The molecule has 2 fully saturated rings. The summed E-state index contributed by atoms with van der Waals surface area (Å²) >= 11 is 1.43. The molecular weight excluding hydrogens is 510 g/mol. The number of likely N-dealkylation sites (N-methyl/N-ethyl adjacent to an activating group) is 1. The number of hydrogen-bond donors (Lipinski definition) is 2. The van der Waals surface area contributed by atoms with E-state index in [9.17, 15) is 9.59 Å². The zero-order valence-electron chi connectivity index (χ0n) is 22.1. The van der Waals surface area contributed by atoms with E-state index < -0.39 is 0 Å². The summed E-state index contributed by atoms with van der Waals surface area (Å²) in [4.78, 5) is 37.8. The molecule has 0 radical (unpaired) electrons. The number of nitrogens with zero attached hydrogens (tertiary/aromatic N) is 5. The minimum absolute atomic E-state index is 0.0504. The average molecular weight is 544 g/mol. The summed E-state index contributed by atoms with van der Waals surface area (Å²) in [6, 6.07) is 13.9. The van der Waals surface area contributed by atoms with Gasteiger partial charge in [-0.1, -0.05) is 18.2 Å². The number of rotatable bonds is 9. The van der Waals surface area contributed by atoms with E-state index in [0.29, 0.717) is 23.7 Å². The zero-order valence-corrected chi connectivity index (χ0v) is 22.9. The Labute approximate surface area is 231 Å². The largest absolute Gasteiger partial charge is 0.351 e. The Balaban J connectivity index is 1.11. The van der Waals surface area contributed by atoms with E-state index in [1.54, 1.807) is 6.20 Å². The molecule has 1 saturated heterocycles. The molecule has 202 valence electrons. The van der Waals surface area contributed by atoms with Gasteiger partial charge in [0.2, 0.25) is 0 Å². The topological polar surface area (TPSA) is 97.5 Å². The van der Waals surface area contributed by atoms with E-state index in [2.05, 4.69) is 43.4 Å². The highest BCUT2D eigenvalue weighted by Crippen LogP contribution is 2.33. The maximum atomic E-state index is 13.6. The quantitative estimate of drug-likeness (QED) is 0.336. The van der Waals surface area contributed by atoms with Gasteiger partial charge in [-0.15, -0.1) is 11.3 Å². The molecule has 6 rings (SSSR count). The maximum Gasteiger partial charge on any atom is 0.283 e. The van der Waals surface area contributed by atoms with Crippen molar-refractivity contribution in [2.24, 2.45) is 0 Å². The van der Waals surface area contributed by atoms with E-state index in [4.69, 9.17) is 0 Å². The molecule has 1 aliphatic carbocycles. The highest BCUT2D eigenvalue weighted by molar-refractivity contribution is 7.20. The molecule has 3 heterocycles. The fraction of sp³-hybridized carbons (Fsp3) is 0.379. The van der Waals surface area contributed by atoms with Crippen molar-refractivity contribution in [3.05, 3.63) is 71.0 Å². The summed E-state index contributed by atoms with van der Waals surface area (Å²) in [6.07, 6.45) is 5.62. The van der Waals surface area contributed by atoms with Gasteiger partial charge in [-0.25, -0.2) is 4.98 Å². The van der Waals surface area contributed by atoms with Crippen molar-refractivity contribution >= 4 is 33.4 Å². The Morgan fingerprint density at radius 2 is 1.95 bits per heavy atom. The summed E-state index contributed by atoms with van der Waals surface area (Å²) in [5.41, 5.74) is 4.44. The molecule has 0 unspecified atom stereocenters. The van der Waals surface area contributed by atoms with Crippen molar-refractivity contribution in [2.75, 3.05) is 46.3 Å². The minimum atomic E-state index is -0.0742. The molecule has 4 aromatic rings. The van der Waals surface area contributed by atoms with Crippen LogP contribution in [0.5, 0.6) is 0 Å². The Bertz CT molecular complexity index is 1460. The van der Waals surface area contributed by atoms with Gasteiger partial charge in [0.1, 0.15) is 0 Å². The van der Waals surface area contributed by atoms with Crippen LogP contribution in [0.1, 0.15) is 38.6 Å². The first-order chi connectivity index (χ1) is 19.0. The first-order valence-corrected chi connectivity index (χ1v) is 14.3. The number of benzene rings is 2. The van der Waals surface area contributed by atoms with Gasteiger partial charge in [-0.3, -0.25) is 19.6 Å². The smallest absolute Gasteiger partial charge is 0.283 e. The molecule has 1 saturated carbocycles. The highest BCUT2D eigenvalue weighted by atomic mass is 32.1. The third-order valence-electron chi connectivity index (χ3n) is 7.50. The predicted molar refractivity (Wildman–Crippen MR) is 153 cm³/mol. The lowest BCUT2D eigenvalue weighted by Crippen LogP contribution is -2.46. The van der Waals surface area contributed by atoms with E-state index in [-0.39, 0.29) is 17.9 Å². The second kappa shape index (κ2) is 11.3. The fourth-order valence-corrected chi connectivity index (χ4v) is 5.95. The molecular formula is C29H33N7O2S. The van der Waals surface area contributed by atoms with Crippen molar-refractivity contribution in [3.63, 3.8) is 0 Å². The number of aromatic nitrogens is 3. The Morgan fingerprint density at radius 3 is 2.72 bits per heavy atom. The van der Waals surface area contributed by atoms with Crippen LogP contribution in [-0.2, 0) is 6.54 Å². The average Bonchev–Trinajstić information content (AvgIpc) is 3.46. The Hall–Kier alpha value is -3.60. The molecule has 39 heavy (non-hydrogen) atoms. The molecule has 2 amide bonds. The number of H-pyrrole nitrogens is 1. The third kappa shape index (κ3) is 6.03. The number of nitrogens with one attached hydrogen (secondary N) is 2. The van der Waals surface area contributed by atoms with Crippen LogP contribution >= 0.6 is 11.3 Å². The lowest BCUT2D eigenvalue weighted by molar-refractivity contribution is 0.0729. The van der Waals surface area contributed by atoms with Gasteiger partial charge in [0, 0.05) is 69.2 Å². The van der Waals surface area contributed by atoms with Crippen molar-refractivity contribution in [2.45, 2.75) is 25.4 Å².